The first-order valence-electron chi connectivity index (χ1n) is 5.66. The zero-order chi connectivity index (χ0) is 12.4. The van der Waals surface area contributed by atoms with Gasteiger partial charge in [-0.25, -0.2) is 0 Å². The van der Waals surface area contributed by atoms with Gasteiger partial charge in [0.15, 0.2) is 0 Å². The summed E-state index contributed by atoms with van der Waals surface area (Å²) < 4.78 is 0. The highest BCUT2D eigenvalue weighted by Gasteiger charge is 2.05. The number of pyridine rings is 1. The maximum Gasteiger partial charge on any atom is 0.0711 e. The Morgan fingerprint density at radius 3 is 2.89 bits per heavy atom. The highest BCUT2D eigenvalue weighted by molar-refractivity contribution is 6.06. The highest BCUT2D eigenvalue weighted by Crippen LogP contribution is 2.26. The first-order chi connectivity index (χ1) is 8.90. The molecule has 0 aliphatic heterocycles. The van der Waals surface area contributed by atoms with Crippen LogP contribution in [0.5, 0.6) is 0 Å². The lowest BCUT2D eigenvalue weighted by Gasteiger charge is -2.07. The molecule has 0 aliphatic carbocycles. The minimum atomic E-state index is 0.351. The first-order valence-corrected chi connectivity index (χ1v) is 5.66. The SMILES string of the molecule is [N-]=[N+]=NCc1cccc2ncc3ccccc3c12. The third-order valence-electron chi connectivity index (χ3n) is 3.01. The van der Waals surface area contributed by atoms with Crippen molar-refractivity contribution in [3.8, 4) is 0 Å². The monoisotopic (exact) mass is 234 g/mol. The van der Waals surface area contributed by atoms with Gasteiger partial charge >= 0.3 is 0 Å². The average molecular weight is 234 g/mol. The smallest absolute Gasteiger partial charge is 0.0711 e. The summed E-state index contributed by atoms with van der Waals surface area (Å²) in [5, 5.41) is 6.96. The molecule has 0 atom stereocenters. The van der Waals surface area contributed by atoms with E-state index in [1.807, 2.05) is 42.6 Å². The van der Waals surface area contributed by atoms with E-state index in [1.165, 1.54) is 0 Å². The molecule has 1 heterocycles. The lowest BCUT2D eigenvalue weighted by atomic mass is 10.0. The van der Waals surface area contributed by atoms with Crippen molar-refractivity contribution in [2.24, 2.45) is 5.11 Å². The molecule has 0 saturated heterocycles. The molecule has 4 nitrogen and oxygen atoms in total. The molecule has 0 fully saturated rings. The molecule has 18 heavy (non-hydrogen) atoms. The third-order valence-corrected chi connectivity index (χ3v) is 3.01. The van der Waals surface area contributed by atoms with Crippen molar-refractivity contribution in [2.45, 2.75) is 6.54 Å². The molecule has 86 valence electrons. The van der Waals surface area contributed by atoms with Crippen LogP contribution in [0.25, 0.3) is 32.1 Å². The number of fused-ring (bicyclic) bond motifs is 3. The van der Waals surface area contributed by atoms with Crippen LogP contribution in [0.4, 0.5) is 0 Å². The maximum atomic E-state index is 8.46. The Morgan fingerprint density at radius 2 is 2.00 bits per heavy atom. The third kappa shape index (κ3) is 1.65. The second-order valence-corrected chi connectivity index (χ2v) is 4.05. The Hall–Kier alpha value is -2.58. The molecule has 3 aromatic rings. The molecule has 0 N–H and O–H groups in total. The number of aromatic nitrogens is 1. The fraction of sp³-hybridized carbons (Fsp3) is 0.0714. The molecule has 0 aliphatic rings. The van der Waals surface area contributed by atoms with Crippen molar-refractivity contribution >= 4 is 21.7 Å². The Bertz CT molecular complexity index is 773. The van der Waals surface area contributed by atoms with Crippen molar-refractivity contribution in [3.05, 3.63) is 64.7 Å². The summed E-state index contributed by atoms with van der Waals surface area (Å²) in [5.74, 6) is 0. The number of benzene rings is 2. The van der Waals surface area contributed by atoms with E-state index in [-0.39, 0.29) is 0 Å². The predicted molar refractivity (Wildman–Crippen MR) is 72.1 cm³/mol. The fourth-order valence-corrected chi connectivity index (χ4v) is 2.22. The van der Waals surface area contributed by atoms with E-state index in [9.17, 15) is 0 Å². The van der Waals surface area contributed by atoms with Crippen molar-refractivity contribution in [1.82, 2.24) is 4.98 Å². The molecule has 2 aromatic carbocycles. The van der Waals surface area contributed by atoms with Gasteiger partial charge in [-0.3, -0.25) is 4.98 Å². The van der Waals surface area contributed by atoms with Gasteiger partial charge in [0.2, 0.25) is 0 Å². The fourth-order valence-electron chi connectivity index (χ4n) is 2.22. The van der Waals surface area contributed by atoms with Gasteiger partial charge < -0.3 is 0 Å². The number of nitrogens with zero attached hydrogens (tertiary/aromatic N) is 4. The average Bonchev–Trinajstić information content (AvgIpc) is 2.44. The van der Waals surface area contributed by atoms with Crippen LogP contribution in [0, 0.1) is 0 Å². The second kappa shape index (κ2) is 4.35. The summed E-state index contributed by atoms with van der Waals surface area (Å²) in [5.41, 5.74) is 10.4. The summed E-state index contributed by atoms with van der Waals surface area (Å²) in [6.45, 7) is 0.351. The van der Waals surface area contributed by atoms with Gasteiger partial charge in [0.05, 0.1) is 12.1 Å². The quantitative estimate of drug-likeness (QED) is 0.283. The van der Waals surface area contributed by atoms with Crippen LogP contribution in [0.3, 0.4) is 0 Å². The van der Waals surface area contributed by atoms with Crippen LogP contribution in [-0.4, -0.2) is 4.98 Å². The molecular weight excluding hydrogens is 224 g/mol. The van der Waals surface area contributed by atoms with E-state index in [0.29, 0.717) is 6.54 Å². The molecular formula is C14H10N4. The van der Waals surface area contributed by atoms with E-state index in [2.05, 4.69) is 21.1 Å². The molecule has 3 rings (SSSR count). The van der Waals surface area contributed by atoms with Crippen LogP contribution in [-0.2, 0) is 6.54 Å². The molecule has 1 aromatic heterocycles. The molecule has 0 spiro atoms. The number of rotatable bonds is 2. The van der Waals surface area contributed by atoms with E-state index in [1.54, 1.807) is 0 Å². The summed E-state index contributed by atoms with van der Waals surface area (Å²) in [6.07, 6.45) is 1.87. The highest BCUT2D eigenvalue weighted by atomic mass is 15.1. The second-order valence-electron chi connectivity index (χ2n) is 4.05. The zero-order valence-electron chi connectivity index (χ0n) is 9.61. The Labute approximate surface area is 104 Å². The topological polar surface area (TPSA) is 61.7 Å². The van der Waals surface area contributed by atoms with Crippen LogP contribution < -0.4 is 0 Å². The molecule has 0 saturated carbocycles. The van der Waals surface area contributed by atoms with Gasteiger partial charge in [-0.05, 0) is 22.5 Å². The molecule has 4 heteroatoms. The van der Waals surface area contributed by atoms with Gasteiger partial charge in [0.25, 0.3) is 0 Å². The molecule has 0 amide bonds. The lowest BCUT2D eigenvalue weighted by Crippen LogP contribution is -1.88. The van der Waals surface area contributed by atoms with E-state index in [4.69, 9.17) is 5.53 Å². The van der Waals surface area contributed by atoms with Crippen LogP contribution >= 0.6 is 0 Å². The van der Waals surface area contributed by atoms with Gasteiger partial charge in [-0.15, -0.1) is 0 Å². The first kappa shape index (κ1) is 10.6. The standard InChI is InChI=1S/C14H10N4/c15-18-17-9-11-5-3-7-13-14(11)12-6-2-1-4-10(12)8-16-13/h1-8H,9H2. The lowest BCUT2D eigenvalue weighted by molar-refractivity contribution is 1.06. The minimum Gasteiger partial charge on any atom is -0.256 e. The molecule has 0 bridgehead atoms. The summed E-state index contributed by atoms with van der Waals surface area (Å²) in [6, 6.07) is 14.0. The van der Waals surface area contributed by atoms with Crippen molar-refractivity contribution < 1.29 is 0 Å². The summed E-state index contributed by atoms with van der Waals surface area (Å²) >= 11 is 0. The number of hydrogen-bond donors (Lipinski definition) is 0. The van der Waals surface area contributed by atoms with Gasteiger partial charge in [-0.1, -0.05) is 41.5 Å². The van der Waals surface area contributed by atoms with Crippen molar-refractivity contribution in [2.75, 3.05) is 0 Å². The van der Waals surface area contributed by atoms with Gasteiger partial charge in [-0.2, -0.15) is 0 Å². The van der Waals surface area contributed by atoms with E-state index >= 15 is 0 Å². The summed E-state index contributed by atoms with van der Waals surface area (Å²) in [7, 11) is 0. The molecule has 0 unspecified atom stereocenters. The van der Waals surface area contributed by atoms with Crippen LogP contribution in [0.1, 0.15) is 5.56 Å². The molecule has 0 radical (unpaired) electrons. The van der Waals surface area contributed by atoms with Gasteiger partial charge in [0, 0.05) is 21.9 Å². The summed E-state index contributed by atoms with van der Waals surface area (Å²) in [4.78, 5) is 7.27. The van der Waals surface area contributed by atoms with Crippen LogP contribution in [0.2, 0.25) is 0 Å². The normalized spacial score (nSPS) is 10.4. The Kier molecular flexibility index (Phi) is 2.56. The van der Waals surface area contributed by atoms with E-state index in [0.717, 1.165) is 27.2 Å². The van der Waals surface area contributed by atoms with Crippen molar-refractivity contribution in [1.29, 1.82) is 0 Å². The van der Waals surface area contributed by atoms with E-state index < -0.39 is 0 Å². The predicted octanol–water partition coefficient (Wildman–Crippen LogP) is 4.20. The number of azide groups is 1. The van der Waals surface area contributed by atoms with Crippen LogP contribution in [0.15, 0.2) is 53.8 Å². The zero-order valence-corrected chi connectivity index (χ0v) is 9.61. The maximum absolute atomic E-state index is 8.46. The van der Waals surface area contributed by atoms with Gasteiger partial charge in [0.1, 0.15) is 0 Å². The number of hydrogen-bond acceptors (Lipinski definition) is 2. The Morgan fingerprint density at radius 1 is 1.11 bits per heavy atom. The Balaban J connectivity index is 2.42. The van der Waals surface area contributed by atoms with Crippen molar-refractivity contribution in [3.63, 3.8) is 0 Å². The minimum absolute atomic E-state index is 0.351. The largest absolute Gasteiger partial charge is 0.256 e.